The second kappa shape index (κ2) is 7.70. The number of halogens is 2. The Kier molecular flexibility index (Phi) is 5.37. The normalized spacial score (nSPS) is 16.3. The largest absolute Gasteiger partial charge is 0.506 e. The van der Waals surface area contributed by atoms with Crippen LogP contribution in [-0.4, -0.2) is 48.1 Å². The van der Waals surface area contributed by atoms with Crippen LogP contribution >= 0.6 is 0 Å². The lowest BCUT2D eigenvalue weighted by Gasteiger charge is -2.38. The van der Waals surface area contributed by atoms with Crippen LogP contribution in [0.4, 0.5) is 20.2 Å². The summed E-state index contributed by atoms with van der Waals surface area (Å²) in [7, 11) is 0. The summed E-state index contributed by atoms with van der Waals surface area (Å²) >= 11 is 0. The zero-order chi connectivity index (χ0) is 18.7. The van der Waals surface area contributed by atoms with Crippen LogP contribution in [0, 0.1) is 11.6 Å². The van der Waals surface area contributed by atoms with Gasteiger partial charge in [0.2, 0.25) is 5.91 Å². The first-order valence-electron chi connectivity index (χ1n) is 8.48. The number of carbonyl (C=O) groups excluding carboxylic acids is 1. The zero-order valence-corrected chi connectivity index (χ0v) is 14.5. The van der Waals surface area contributed by atoms with Gasteiger partial charge in [0, 0.05) is 37.9 Å². The van der Waals surface area contributed by atoms with Crippen molar-refractivity contribution in [3.63, 3.8) is 0 Å². The van der Waals surface area contributed by atoms with E-state index in [0.717, 1.165) is 17.8 Å². The first-order valence-corrected chi connectivity index (χ1v) is 8.48. The van der Waals surface area contributed by atoms with Crippen LogP contribution in [0.15, 0.2) is 42.5 Å². The Morgan fingerprint density at radius 1 is 1.08 bits per heavy atom. The van der Waals surface area contributed by atoms with Crippen LogP contribution in [0.2, 0.25) is 0 Å². The number of hydrogen-bond donors (Lipinski definition) is 2. The van der Waals surface area contributed by atoms with E-state index >= 15 is 0 Å². The first-order chi connectivity index (χ1) is 12.5. The molecule has 5 nitrogen and oxygen atoms in total. The molecule has 3 rings (SSSR count). The molecular formula is C19H21F2N3O2. The highest BCUT2D eigenvalue weighted by Gasteiger charge is 2.26. The highest BCUT2D eigenvalue weighted by atomic mass is 19.2. The molecule has 1 amide bonds. The summed E-state index contributed by atoms with van der Waals surface area (Å²) < 4.78 is 26.2. The van der Waals surface area contributed by atoms with E-state index < -0.39 is 17.7 Å². The van der Waals surface area contributed by atoms with Gasteiger partial charge in [-0.3, -0.25) is 9.69 Å². The van der Waals surface area contributed by atoms with Gasteiger partial charge in [0.1, 0.15) is 5.75 Å². The predicted octanol–water partition coefficient (Wildman–Crippen LogP) is 2.82. The van der Waals surface area contributed by atoms with Crippen molar-refractivity contribution in [2.75, 3.05) is 36.4 Å². The smallest absolute Gasteiger partial charge is 0.241 e. The number of amides is 1. The number of hydrogen-bond acceptors (Lipinski definition) is 4. The van der Waals surface area contributed by atoms with Gasteiger partial charge in [-0.05, 0) is 31.2 Å². The van der Waals surface area contributed by atoms with Gasteiger partial charge in [0.25, 0.3) is 0 Å². The molecule has 1 aliphatic rings. The maximum atomic E-state index is 13.3. The monoisotopic (exact) mass is 361 g/mol. The van der Waals surface area contributed by atoms with Crippen molar-refractivity contribution >= 4 is 17.3 Å². The average Bonchev–Trinajstić information content (AvgIpc) is 2.65. The van der Waals surface area contributed by atoms with Crippen LogP contribution in [0.1, 0.15) is 6.92 Å². The fourth-order valence-electron chi connectivity index (χ4n) is 3.07. The summed E-state index contributed by atoms with van der Waals surface area (Å²) in [5.74, 6) is -1.97. The zero-order valence-electron chi connectivity index (χ0n) is 14.5. The number of para-hydroxylation sites is 2. The lowest BCUT2D eigenvalue weighted by atomic mass is 10.2. The topological polar surface area (TPSA) is 55.8 Å². The Balaban J connectivity index is 1.57. The summed E-state index contributed by atoms with van der Waals surface area (Å²) in [6.45, 7) is 4.45. The number of anilines is 2. The molecule has 26 heavy (non-hydrogen) atoms. The lowest BCUT2D eigenvalue weighted by Crippen LogP contribution is -2.52. The summed E-state index contributed by atoms with van der Waals surface area (Å²) in [4.78, 5) is 16.5. The van der Waals surface area contributed by atoms with E-state index in [-0.39, 0.29) is 17.3 Å². The quantitative estimate of drug-likeness (QED) is 0.879. The molecular weight excluding hydrogens is 340 g/mol. The van der Waals surface area contributed by atoms with E-state index in [1.807, 2.05) is 17.0 Å². The summed E-state index contributed by atoms with van der Waals surface area (Å²) in [5, 5.41) is 12.6. The van der Waals surface area contributed by atoms with E-state index in [1.54, 1.807) is 19.1 Å². The number of rotatable bonds is 4. The third kappa shape index (κ3) is 3.94. The SMILES string of the molecule is C[C@H](C(=O)Nc1ccc(F)c(F)c1)N1CCN(c2ccccc2O)CC1. The summed E-state index contributed by atoms with van der Waals surface area (Å²) in [6, 6.07) is 10.0. The molecule has 2 aromatic carbocycles. The summed E-state index contributed by atoms with van der Waals surface area (Å²) in [5.41, 5.74) is 1.01. The molecule has 0 unspecified atom stereocenters. The number of nitrogens with one attached hydrogen (secondary N) is 1. The second-order valence-corrected chi connectivity index (χ2v) is 6.31. The molecule has 0 aliphatic carbocycles. The van der Waals surface area contributed by atoms with Gasteiger partial charge >= 0.3 is 0 Å². The number of benzene rings is 2. The molecule has 7 heteroatoms. The Hall–Kier alpha value is -2.67. The van der Waals surface area contributed by atoms with Crippen LogP contribution in [-0.2, 0) is 4.79 Å². The predicted molar refractivity (Wildman–Crippen MR) is 96.3 cm³/mol. The Bertz CT molecular complexity index is 792. The first kappa shape index (κ1) is 18.1. The summed E-state index contributed by atoms with van der Waals surface area (Å²) in [6.07, 6.45) is 0. The van der Waals surface area contributed by atoms with Crippen molar-refractivity contribution in [2.24, 2.45) is 0 Å². The second-order valence-electron chi connectivity index (χ2n) is 6.31. The van der Waals surface area contributed by atoms with Gasteiger partial charge in [0.15, 0.2) is 11.6 Å². The number of phenols is 1. The van der Waals surface area contributed by atoms with Crippen molar-refractivity contribution in [3.8, 4) is 5.75 Å². The average molecular weight is 361 g/mol. The maximum Gasteiger partial charge on any atom is 0.241 e. The van der Waals surface area contributed by atoms with E-state index in [9.17, 15) is 18.7 Å². The lowest BCUT2D eigenvalue weighted by molar-refractivity contribution is -0.120. The molecule has 0 radical (unpaired) electrons. The van der Waals surface area contributed by atoms with Gasteiger partial charge in [-0.1, -0.05) is 12.1 Å². The van der Waals surface area contributed by atoms with E-state index in [2.05, 4.69) is 10.2 Å². The molecule has 1 saturated heterocycles. The van der Waals surface area contributed by atoms with E-state index in [4.69, 9.17) is 0 Å². The fraction of sp³-hybridized carbons (Fsp3) is 0.316. The standard InChI is InChI=1S/C19H21F2N3O2/c1-13(19(26)22-14-6-7-15(20)16(21)12-14)23-8-10-24(11-9-23)17-4-2-3-5-18(17)25/h2-7,12-13,25H,8-11H2,1H3,(H,22,26)/t13-/m1/s1. The van der Waals surface area contributed by atoms with Gasteiger partial charge < -0.3 is 15.3 Å². The van der Waals surface area contributed by atoms with Crippen molar-refractivity contribution in [3.05, 3.63) is 54.1 Å². The molecule has 1 aliphatic heterocycles. The van der Waals surface area contributed by atoms with Crippen molar-refractivity contribution < 1.29 is 18.7 Å². The Morgan fingerprint density at radius 3 is 2.42 bits per heavy atom. The van der Waals surface area contributed by atoms with Crippen LogP contribution in [0.25, 0.3) is 0 Å². The highest BCUT2D eigenvalue weighted by Crippen LogP contribution is 2.27. The molecule has 1 fully saturated rings. The minimum Gasteiger partial charge on any atom is -0.506 e. The minimum absolute atomic E-state index is 0.230. The molecule has 1 heterocycles. The van der Waals surface area contributed by atoms with E-state index in [1.165, 1.54) is 6.07 Å². The number of nitrogens with zero attached hydrogens (tertiary/aromatic N) is 2. The molecule has 0 saturated carbocycles. The maximum absolute atomic E-state index is 13.3. The van der Waals surface area contributed by atoms with Gasteiger partial charge in [-0.25, -0.2) is 8.78 Å². The number of carbonyl (C=O) groups is 1. The number of piperazine rings is 1. The molecule has 0 aromatic heterocycles. The molecule has 1 atom stereocenters. The van der Waals surface area contributed by atoms with Gasteiger partial charge in [-0.2, -0.15) is 0 Å². The third-order valence-electron chi connectivity index (χ3n) is 4.65. The fourth-order valence-corrected chi connectivity index (χ4v) is 3.07. The minimum atomic E-state index is -0.994. The number of aromatic hydroxyl groups is 1. The molecule has 0 bridgehead atoms. The van der Waals surface area contributed by atoms with Crippen molar-refractivity contribution in [1.82, 2.24) is 4.90 Å². The van der Waals surface area contributed by atoms with Crippen LogP contribution in [0.5, 0.6) is 5.75 Å². The molecule has 138 valence electrons. The molecule has 2 N–H and O–H groups in total. The van der Waals surface area contributed by atoms with Crippen molar-refractivity contribution in [2.45, 2.75) is 13.0 Å². The highest BCUT2D eigenvalue weighted by molar-refractivity contribution is 5.94. The molecule has 0 spiro atoms. The van der Waals surface area contributed by atoms with Crippen LogP contribution < -0.4 is 10.2 Å². The van der Waals surface area contributed by atoms with Crippen molar-refractivity contribution in [1.29, 1.82) is 0 Å². The van der Waals surface area contributed by atoms with Crippen LogP contribution in [0.3, 0.4) is 0 Å². The third-order valence-corrected chi connectivity index (χ3v) is 4.65. The number of phenolic OH excluding ortho intramolecular Hbond substituents is 1. The Labute approximate surface area is 150 Å². The Morgan fingerprint density at radius 2 is 1.77 bits per heavy atom. The molecule has 2 aromatic rings. The van der Waals surface area contributed by atoms with E-state index in [0.29, 0.717) is 26.2 Å². The van der Waals surface area contributed by atoms with Gasteiger partial charge in [-0.15, -0.1) is 0 Å². The van der Waals surface area contributed by atoms with Gasteiger partial charge in [0.05, 0.1) is 11.7 Å².